The van der Waals surface area contributed by atoms with E-state index in [1.807, 2.05) is 30.3 Å². The molecule has 0 radical (unpaired) electrons. The molecule has 1 atom stereocenters. The van der Waals surface area contributed by atoms with Crippen molar-refractivity contribution in [3.8, 4) is 11.6 Å². The highest BCUT2D eigenvalue weighted by Crippen LogP contribution is 2.28. The minimum absolute atomic E-state index is 0.416. The summed E-state index contributed by atoms with van der Waals surface area (Å²) in [5.41, 5.74) is 1.30. The van der Waals surface area contributed by atoms with Crippen LogP contribution in [0.15, 0.2) is 48.7 Å². The number of hydrogen-bond acceptors (Lipinski definition) is 3. The van der Waals surface area contributed by atoms with E-state index in [0.29, 0.717) is 17.8 Å². The van der Waals surface area contributed by atoms with Gasteiger partial charge in [-0.15, -0.1) is 0 Å². The maximum absolute atomic E-state index is 5.71. The average molecular weight is 270 g/mol. The van der Waals surface area contributed by atoms with Gasteiger partial charge in [-0.1, -0.05) is 32.0 Å². The lowest BCUT2D eigenvalue weighted by molar-refractivity contribution is 0.235. The summed E-state index contributed by atoms with van der Waals surface area (Å²) in [4.78, 5) is 6.41. The van der Waals surface area contributed by atoms with Crippen molar-refractivity contribution in [1.82, 2.24) is 9.88 Å². The molecule has 3 nitrogen and oxygen atoms in total. The van der Waals surface area contributed by atoms with Gasteiger partial charge >= 0.3 is 0 Å². The molecule has 20 heavy (non-hydrogen) atoms. The second-order valence-corrected chi connectivity index (χ2v) is 5.49. The van der Waals surface area contributed by atoms with E-state index in [2.05, 4.69) is 50.0 Å². The molecule has 1 heterocycles. The lowest BCUT2D eigenvalue weighted by Gasteiger charge is -2.28. The summed E-state index contributed by atoms with van der Waals surface area (Å²) in [6.45, 7) is 4.48. The first kappa shape index (κ1) is 14.5. The molecular weight excluding hydrogens is 248 g/mol. The van der Waals surface area contributed by atoms with Crippen molar-refractivity contribution in [2.45, 2.75) is 19.9 Å². The first-order valence-electron chi connectivity index (χ1n) is 6.93. The van der Waals surface area contributed by atoms with Crippen LogP contribution in [0, 0.1) is 5.92 Å². The fraction of sp³-hybridized carbons (Fsp3) is 0.353. The van der Waals surface area contributed by atoms with Crippen LogP contribution in [-0.4, -0.2) is 24.0 Å². The highest BCUT2D eigenvalue weighted by Gasteiger charge is 2.17. The van der Waals surface area contributed by atoms with Crippen molar-refractivity contribution in [2.24, 2.45) is 5.92 Å². The maximum Gasteiger partial charge on any atom is 0.219 e. The summed E-state index contributed by atoms with van der Waals surface area (Å²) in [5.74, 6) is 1.99. The van der Waals surface area contributed by atoms with Crippen molar-refractivity contribution < 1.29 is 4.74 Å². The highest BCUT2D eigenvalue weighted by atomic mass is 16.5. The van der Waals surface area contributed by atoms with Gasteiger partial charge in [-0.3, -0.25) is 0 Å². The maximum atomic E-state index is 5.71. The van der Waals surface area contributed by atoms with Crippen molar-refractivity contribution >= 4 is 0 Å². The summed E-state index contributed by atoms with van der Waals surface area (Å²) in [7, 11) is 4.23. The third kappa shape index (κ3) is 3.58. The van der Waals surface area contributed by atoms with E-state index >= 15 is 0 Å². The zero-order valence-electron chi connectivity index (χ0n) is 12.6. The molecule has 3 heteroatoms. The van der Waals surface area contributed by atoms with Gasteiger partial charge in [-0.05, 0) is 43.8 Å². The molecule has 0 N–H and O–H groups in total. The predicted octanol–water partition coefficient (Wildman–Crippen LogP) is 4.13. The zero-order chi connectivity index (χ0) is 14.5. The molecular formula is C17H22N2O. The predicted molar refractivity (Wildman–Crippen MR) is 82.0 cm³/mol. The van der Waals surface area contributed by atoms with Gasteiger partial charge in [0.1, 0.15) is 5.75 Å². The van der Waals surface area contributed by atoms with E-state index in [9.17, 15) is 0 Å². The van der Waals surface area contributed by atoms with Gasteiger partial charge in [0.25, 0.3) is 0 Å². The molecule has 106 valence electrons. The van der Waals surface area contributed by atoms with Crippen molar-refractivity contribution in [1.29, 1.82) is 0 Å². The Hall–Kier alpha value is -1.87. The highest BCUT2D eigenvalue weighted by molar-refractivity contribution is 5.32. The summed E-state index contributed by atoms with van der Waals surface area (Å²) >= 11 is 0. The molecule has 0 aliphatic rings. The van der Waals surface area contributed by atoms with Crippen LogP contribution in [0.5, 0.6) is 11.6 Å². The van der Waals surface area contributed by atoms with E-state index in [0.717, 1.165) is 5.75 Å². The summed E-state index contributed by atoms with van der Waals surface area (Å²) in [6, 6.07) is 14.3. The van der Waals surface area contributed by atoms with E-state index in [1.165, 1.54) is 5.56 Å². The third-order valence-electron chi connectivity index (χ3n) is 3.27. The molecule has 2 aromatic rings. The number of hydrogen-bond donors (Lipinski definition) is 0. The molecule has 0 aliphatic heterocycles. The number of aromatic nitrogens is 1. The summed E-state index contributed by atoms with van der Waals surface area (Å²) < 4.78 is 5.71. The first-order chi connectivity index (χ1) is 9.58. The number of ether oxygens (including phenoxy) is 1. The van der Waals surface area contributed by atoms with Crippen LogP contribution in [0.3, 0.4) is 0 Å². The van der Waals surface area contributed by atoms with E-state index < -0.39 is 0 Å². The monoisotopic (exact) mass is 270 g/mol. The van der Waals surface area contributed by atoms with Crippen molar-refractivity contribution in [2.75, 3.05) is 14.1 Å². The molecule has 0 spiro atoms. The minimum Gasteiger partial charge on any atom is -0.439 e. The minimum atomic E-state index is 0.416. The standard InChI is InChI=1S/C17H22N2O/c1-13(2)17(19(3)4)14-8-10-15(11-9-14)20-16-7-5-6-12-18-16/h5-13,17H,1-4H3/t17-/m1/s1. The molecule has 1 aromatic carbocycles. The topological polar surface area (TPSA) is 25.4 Å². The SMILES string of the molecule is CC(C)[C@H](c1ccc(Oc2ccccn2)cc1)N(C)C. The van der Waals surface area contributed by atoms with Crippen LogP contribution in [0.1, 0.15) is 25.5 Å². The van der Waals surface area contributed by atoms with Crippen LogP contribution < -0.4 is 4.74 Å². The van der Waals surface area contributed by atoms with Crippen LogP contribution >= 0.6 is 0 Å². The lowest BCUT2D eigenvalue weighted by atomic mass is 9.95. The summed E-state index contributed by atoms with van der Waals surface area (Å²) in [5, 5.41) is 0. The fourth-order valence-electron chi connectivity index (χ4n) is 2.54. The van der Waals surface area contributed by atoms with Gasteiger partial charge in [0.05, 0.1) is 0 Å². The number of nitrogens with zero attached hydrogens (tertiary/aromatic N) is 2. The number of pyridine rings is 1. The Morgan fingerprint density at radius 1 is 1.00 bits per heavy atom. The molecule has 0 bridgehead atoms. The Morgan fingerprint density at radius 2 is 1.70 bits per heavy atom. The van der Waals surface area contributed by atoms with Crippen molar-refractivity contribution in [3.05, 3.63) is 54.2 Å². The molecule has 0 saturated carbocycles. The molecule has 0 amide bonds. The van der Waals surface area contributed by atoms with Gasteiger partial charge in [-0.2, -0.15) is 0 Å². The Morgan fingerprint density at radius 3 is 2.20 bits per heavy atom. The smallest absolute Gasteiger partial charge is 0.219 e. The quantitative estimate of drug-likeness (QED) is 0.816. The molecule has 0 aliphatic carbocycles. The fourth-order valence-corrected chi connectivity index (χ4v) is 2.54. The van der Waals surface area contributed by atoms with Gasteiger partial charge in [0, 0.05) is 18.3 Å². The molecule has 0 unspecified atom stereocenters. The summed E-state index contributed by atoms with van der Waals surface area (Å²) in [6.07, 6.45) is 1.73. The Labute approximate surface area is 121 Å². The van der Waals surface area contributed by atoms with Gasteiger partial charge in [0.2, 0.25) is 5.88 Å². The van der Waals surface area contributed by atoms with Crippen LogP contribution in [-0.2, 0) is 0 Å². The number of rotatable bonds is 5. The Balaban J connectivity index is 2.13. The normalized spacial score (nSPS) is 12.7. The third-order valence-corrected chi connectivity index (χ3v) is 3.27. The Kier molecular flexibility index (Phi) is 4.74. The molecule has 0 saturated heterocycles. The molecule has 1 aromatic heterocycles. The van der Waals surface area contributed by atoms with Gasteiger partial charge in [0.15, 0.2) is 0 Å². The second-order valence-electron chi connectivity index (χ2n) is 5.49. The largest absolute Gasteiger partial charge is 0.439 e. The first-order valence-corrected chi connectivity index (χ1v) is 6.93. The van der Waals surface area contributed by atoms with Crippen LogP contribution in [0.25, 0.3) is 0 Å². The van der Waals surface area contributed by atoms with Gasteiger partial charge in [-0.25, -0.2) is 4.98 Å². The van der Waals surface area contributed by atoms with Crippen LogP contribution in [0.4, 0.5) is 0 Å². The second kappa shape index (κ2) is 6.53. The number of benzene rings is 1. The Bertz CT molecular complexity index is 512. The lowest BCUT2D eigenvalue weighted by Crippen LogP contribution is -2.24. The van der Waals surface area contributed by atoms with E-state index in [4.69, 9.17) is 4.74 Å². The molecule has 0 fully saturated rings. The average Bonchev–Trinajstić information content (AvgIpc) is 2.41. The van der Waals surface area contributed by atoms with Crippen molar-refractivity contribution in [3.63, 3.8) is 0 Å². The van der Waals surface area contributed by atoms with E-state index in [-0.39, 0.29) is 0 Å². The van der Waals surface area contributed by atoms with E-state index in [1.54, 1.807) is 6.20 Å². The van der Waals surface area contributed by atoms with Crippen LogP contribution in [0.2, 0.25) is 0 Å². The zero-order valence-corrected chi connectivity index (χ0v) is 12.6. The van der Waals surface area contributed by atoms with Gasteiger partial charge < -0.3 is 9.64 Å². The molecule has 2 rings (SSSR count).